The molecule has 0 radical (unpaired) electrons. The van der Waals surface area contributed by atoms with Crippen LogP contribution in [0.2, 0.25) is 0 Å². The van der Waals surface area contributed by atoms with E-state index >= 15 is 0 Å². The second-order valence-corrected chi connectivity index (χ2v) is 6.49. The minimum atomic E-state index is -3.81. The van der Waals surface area contributed by atoms with Gasteiger partial charge in [0, 0.05) is 0 Å². The number of hydrogen-bond donors (Lipinski definition) is 1. The van der Waals surface area contributed by atoms with Gasteiger partial charge < -0.3 is 0 Å². The Bertz CT molecular complexity index is 384. The van der Waals surface area contributed by atoms with Crippen LogP contribution in [0, 0.1) is 23.7 Å². The van der Waals surface area contributed by atoms with E-state index < -0.39 is 15.4 Å². The predicted molar refractivity (Wildman–Crippen MR) is 52.3 cm³/mol. The third-order valence-corrected chi connectivity index (χ3v) is 5.64. The fourth-order valence-corrected chi connectivity index (χ4v) is 5.05. The van der Waals surface area contributed by atoms with Crippen LogP contribution in [-0.2, 0) is 10.1 Å². The Morgan fingerprint density at radius 2 is 2.00 bits per heavy atom. The molecule has 1 N–H and O–H groups in total. The van der Waals surface area contributed by atoms with E-state index in [1.807, 2.05) is 0 Å². The summed E-state index contributed by atoms with van der Waals surface area (Å²) in [6, 6.07) is 0. The van der Waals surface area contributed by atoms with Crippen LogP contribution in [-0.4, -0.2) is 18.2 Å². The molecule has 14 heavy (non-hydrogen) atoms. The summed E-state index contributed by atoms with van der Waals surface area (Å²) in [5, 5.41) is -0.475. The molecule has 2 bridgehead atoms. The number of allylic oxidation sites excluding steroid dienone is 2. The van der Waals surface area contributed by atoms with Gasteiger partial charge in [0.25, 0.3) is 10.1 Å². The first-order valence-corrected chi connectivity index (χ1v) is 6.70. The standard InChI is InChI=1S/C10H14O3S/c11-14(12,13)10-5-6-4-9(10)8-3-1-2-7(6)8/h1,3,6-10H,2,4-5H2,(H,11,12,13). The fourth-order valence-electron chi connectivity index (χ4n) is 3.83. The maximum absolute atomic E-state index is 11.1. The zero-order valence-corrected chi connectivity index (χ0v) is 8.65. The summed E-state index contributed by atoms with van der Waals surface area (Å²) in [4.78, 5) is 0. The molecule has 0 saturated heterocycles. The normalized spacial score (nSPS) is 49.9. The lowest BCUT2D eigenvalue weighted by Gasteiger charge is -2.29. The van der Waals surface area contributed by atoms with E-state index in [0.29, 0.717) is 24.2 Å². The Morgan fingerprint density at radius 3 is 2.71 bits per heavy atom. The molecule has 0 aromatic carbocycles. The molecule has 2 saturated carbocycles. The summed E-state index contributed by atoms with van der Waals surface area (Å²) >= 11 is 0. The molecule has 3 rings (SSSR count). The Hall–Kier alpha value is -0.350. The van der Waals surface area contributed by atoms with Crippen molar-refractivity contribution in [2.24, 2.45) is 23.7 Å². The summed E-state index contributed by atoms with van der Waals surface area (Å²) in [6.45, 7) is 0. The summed E-state index contributed by atoms with van der Waals surface area (Å²) in [5.74, 6) is 1.84. The zero-order valence-electron chi connectivity index (χ0n) is 7.83. The third-order valence-electron chi connectivity index (χ3n) is 4.33. The molecule has 2 fully saturated rings. The molecule has 3 aliphatic rings. The zero-order chi connectivity index (χ0) is 9.92. The average Bonchev–Trinajstić information content (AvgIpc) is 2.74. The molecular formula is C10H14O3S. The predicted octanol–water partition coefficient (Wildman–Crippen LogP) is 1.47. The van der Waals surface area contributed by atoms with Crippen LogP contribution >= 0.6 is 0 Å². The van der Waals surface area contributed by atoms with Gasteiger partial charge in [-0.05, 0) is 42.9 Å². The van der Waals surface area contributed by atoms with Crippen molar-refractivity contribution in [1.29, 1.82) is 0 Å². The lowest BCUT2D eigenvalue weighted by atomic mass is 9.81. The first-order valence-electron chi connectivity index (χ1n) is 5.20. The molecule has 0 aromatic heterocycles. The molecule has 3 aliphatic carbocycles. The topological polar surface area (TPSA) is 54.4 Å². The number of hydrogen-bond acceptors (Lipinski definition) is 2. The third kappa shape index (κ3) is 1.04. The first kappa shape index (κ1) is 8.92. The molecule has 0 amide bonds. The highest BCUT2D eigenvalue weighted by Crippen LogP contribution is 2.57. The van der Waals surface area contributed by atoms with Crippen LogP contribution in [0.4, 0.5) is 0 Å². The van der Waals surface area contributed by atoms with Crippen molar-refractivity contribution < 1.29 is 13.0 Å². The van der Waals surface area contributed by atoms with Crippen LogP contribution in [0.25, 0.3) is 0 Å². The largest absolute Gasteiger partial charge is 0.285 e. The monoisotopic (exact) mass is 214 g/mol. The van der Waals surface area contributed by atoms with Crippen molar-refractivity contribution in [3.63, 3.8) is 0 Å². The molecule has 4 heteroatoms. The van der Waals surface area contributed by atoms with Crippen LogP contribution in [0.5, 0.6) is 0 Å². The van der Waals surface area contributed by atoms with Crippen LogP contribution in [0.3, 0.4) is 0 Å². The van der Waals surface area contributed by atoms with Gasteiger partial charge in [0.15, 0.2) is 0 Å². The van der Waals surface area contributed by atoms with E-state index in [1.54, 1.807) is 0 Å². The van der Waals surface area contributed by atoms with E-state index in [2.05, 4.69) is 12.2 Å². The smallest absolute Gasteiger partial charge is 0.268 e. The summed E-state index contributed by atoms with van der Waals surface area (Å²) < 4.78 is 31.4. The van der Waals surface area contributed by atoms with Crippen LogP contribution in [0.1, 0.15) is 19.3 Å². The molecule has 5 unspecified atom stereocenters. The molecule has 3 nitrogen and oxygen atoms in total. The molecule has 0 spiro atoms. The van der Waals surface area contributed by atoms with Gasteiger partial charge in [-0.1, -0.05) is 12.2 Å². The van der Waals surface area contributed by atoms with E-state index in [0.717, 1.165) is 12.8 Å². The highest BCUT2D eigenvalue weighted by molar-refractivity contribution is 7.86. The Balaban J connectivity index is 1.94. The van der Waals surface area contributed by atoms with E-state index in [1.165, 1.54) is 0 Å². The number of rotatable bonds is 1. The van der Waals surface area contributed by atoms with Gasteiger partial charge in [-0.3, -0.25) is 4.55 Å². The van der Waals surface area contributed by atoms with E-state index in [9.17, 15) is 8.42 Å². The second kappa shape index (κ2) is 2.61. The van der Waals surface area contributed by atoms with Gasteiger partial charge >= 0.3 is 0 Å². The minimum absolute atomic E-state index is 0.193. The Labute approximate surface area is 83.9 Å². The highest BCUT2D eigenvalue weighted by Gasteiger charge is 2.55. The molecule has 5 atom stereocenters. The molecule has 0 aliphatic heterocycles. The van der Waals surface area contributed by atoms with Gasteiger partial charge in [0.05, 0.1) is 5.25 Å². The van der Waals surface area contributed by atoms with Crippen molar-refractivity contribution in [2.45, 2.75) is 24.5 Å². The lowest BCUT2D eigenvalue weighted by Crippen LogP contribution is -2.33. The summed E-state index contributed by atoms with van der Waals surface area (Å²) in [6.07, 6.45) is 7.13. The van der Waals surface area contributed by atoms with Gasteiger partial charge in [-0.15, -0.1) is 0 Å². The molecular weight excluding hydrogens is 200 g/mol. The molecule has 0 heterocycles. The van der Waals surface area contributed by atoms with Crippen LogP contribution in [0.15, 0.2) is 12.2 Å². The van der Waals surface area contributed by atoms with E-state index in [-0.39, 0.29) is 5.92 Å². The maximum Gasteiger partial charge on any atom is 0.268 e. The van der Waals surface area contributed by atoms with Gasteiger partial charge in [0.1, 0.15) is 0 Å². The fraction of sp³-hybridized carbons (Fsp3) is 0.800. The van der Waals surface area contributed by atoms with E-state index in [4.69, 9.17) is 4.55 Å². The Kier molecular flexibility index (Phi) is 1.66. The first-order chi connectivity index (χ1) is 6.57. The SMILES string of the molecule is O=S(=O)(O)C1CC2CC1C1C=CCC21. The van der Waals surface area contributed by atoms with Crippen molar-refractivity contribution in [1.82, 2.24) is 0 Å². The van der Waals surface area contributed by atoms with Crippen molar-refractivity contribution >= 4 is 10.1 Å². The quantitative estimate of drug-likeness (QED) is 0.531. The van der Waals surface area contributed by atoms with Gasteiger partial charge in [0.2, 0.25) is 0 Å². The number of fused-ring (bicyclic) bond motifs is 5. The van der Waals surface area contributed by atoms with Gasteiger partial charge in [-0.25, -0.2) is 0 Å². The second-order valence-electron chi connectivity index (χ2n) is 4.85. The highest BCUT2D eigenvalue weighted by atomic mass is 32.2. The van der Waals surface area contributed by atoms with Crippen molar-refractivity contribution in [2.75, 3.05) is 0 Å². The molecule has 0 aromatic rings. The summed E-state index contributed by atoms with van der Waals surface area (Å²) in [7, 11) is -3.81. The Morgan fingerprint density at radius 1 is 1.21 bits per heavy atom. The maximum atomic E-state index is 11.1. The minimum Gasteiger partial charge on any atom is -0.285 e. The average molecular weight is 214 g/mol. The van der Waals surface area contributed by atoms with Crippen molar-refractivity contribution in [3.05, 3.63) is 12.2 Å². The van der Waals surface area contributed by atoms with Crippen LogP contribution < -0.4 is 0 Å². The summed E-state index contributed by atoms with van der Waals surface area (Å²) in [5.41, 5.74) is 0. The molecule has 78 valence electrons. The van der Waals surface area contributed by atoms with Crippen molar-refractivity contribution in [3.8, 4) is 0 Å². The lowest BCUT2D eigenvalue weighted by molar-refractivity contribution is 0.278. The van der Waals surface area contributed by atoms with Gasteiger partial charge in [-0.2, -0.15) is 8.42 Å².